The van der Waals surface area contributed by atoms with Gasteiger partial charge in [0.2, 0.25) is 0 Å². The number of rotatable bonds is 3. The normalized spacial score (nSPS) is 21.5. The van der Waals surface area contributed by atoms with Crippen molar-refractivity contribution in [1.29, 1.82) is 0 Å². The summed E-state index contributed by atoms with van der Waals surface area (Å²) in [5.74, 6) is 4.33. The Labute approximate surface area is 138 Å². The number of fused-ring (bicyclic) bond motifs is 1. The van der Waals surface area contributed by atoms with Crippen molar-refractivity contribution in [3.05, 3.63) is 23.8 Å². The van der Waals surface area contributed by atoms with Crippen molar-refractivity contribution >= 4 is 16.7 Å². The third kappa shape index (κ3) is 2.94. The van der Waals surface area contributed by atoms with E-state index >= 15 is 0 Å². The van der Waals surface area contributed by atoms with Crippen LogP contribution in [0.4, 0.5) is 5.82 Å². The predicted molar refractivity (Wildman–Crippen MR) is 93.5 cm³/mol. The van der Waals surface area contributed by atoms with Crippen molar-refractivity contribution in [3.8, 4) is 11.5 Å². The molecule has 0 radical (unpaired) electrons. The number of H-pyrrole nitrogens is 1. The number of aryl methyl sites for hydroxylation is 1. The lowest BCUT2D eigenvalue weighted by Crippen LogP contribution is -2.41. The van der Waals surface area contributed by atoms with Gasteiger partial charge in [0.1, 0.15) is 5.75 Å². The Balaban J connectivity index is 2.13. The van der Waals surface area contributed by atoms with Gasteiger partial charge in [-0.05, 0) is 42.9 Å². The third-order valence-corrected chi connectivity index (χ3v) is 4.78. The standard InChI is InChI=1S/C19H26N2O2/c1-12-8-13(2)11-21(10-12)17-9-14(3)18-15(22-4)6-7-16(23-5)19(18)20-17/h6-7,9,12-13H,8,10-11H2,1-5H3/p+1/t12-,13-/m0/s1. The highest BCUT2D eigenvalue weighted by Gasteiger charge is 2.29. The number of pyridine rings is 1. The Kier molecular flexibility index (Phi) is 4.33. The average molecular weight is 315 g/mol. The number of anilines is 1. The predicted octanol–water partition coefficient (Wildman–Crippen LogP) is 3.46. The molecule has 124 valence electrons. The average Bonchev–Trinajstić information content (AvgIpc) is 2.52. The number of benzene rings is 1. The lowest BCUT2D eigenvalue weighted by atomic mass is 9.92. The van der Waals surface area contributed by atoms with Crippen LogP contribution in [0.15, 0.2) is 18.2 Å². The second kappa shape index (κ2) is 6.26. The number of aromatic nitrogens is 1. The molecule has 0 amide bonds. The number of hydrogen-bond donors (Lipinski definition) is 0. The minimum atomic E-state index is 0.718. The van der Waals surface area contributed by atoms with Crippen LogP contribution < -0.4 is 19.4 Å². The van der Waals surface area contributed by atoms with Gasteiger partial charge in [0.25, 0.3) is 5.82 Å². The van der Waals surface area contributed by atoms with Gasteiger partial charge >= 0.3 is 0 Å². The minimum Gasteiger partial charge on any atom is -0.496 e. The van der Waals surface area contributed by atoms with Crippen molar-refractivity contribution < 1.29 is 14.5 Å². The fourth-order valence-electron chi connectivity index (χ4n) is 3.89. The summed E-state index contributed by atoms with van der Waals surface area (Å²) in [6.07, 6.45) is 1.31. The van der Waals surface area contributed by atoms with E-state index in [0.29, 0.717) is 0 Å². The lowest BCUT2D eigenvalue weighted by Gasteiger charge is -2.30. The van der Waals surface area contributed by atoms with Gasteiger partial charge < -0.3 is 9.47 Å². The summed E-state index contributed by atoms with van der Waals surface area (Å²) in [5.41, 5.74) is 2.21. The number of aromatic amines is 1. The zero-order chi connectivity index (χ0) is 16.6. The van der Waals surface area contributed by atoms with Gasteiger partial charge in [0, 0.05) is 6.07 Å². The summed E-state index contributed by atoms with van der Waals surface area (Å²) in [4.78, 5) is 6.06. The van der Waals surface area contributed by atoms with Crippen LogP contribution in [0.5, 0.6) is 11.5 Å². The van der Waals surface area contributed by atoms with E-state index in [-0.39, 0.29) is 0 Å². The van der Waals surface area contributed by atoms with Gasteiger partial charge in [0.15, 0.2) is 11.3 Å². The summed E-state index contributed by atoms with van der Waals surface area (Å²) < 4.78 is 11.1. The first-order chi connectivity index (χ1) is 11.0. The maximum atomic E-state index is 5.56. The van der Waals surface area contributed by atoms with Crippen molar-refractivity contribution in [2.45, 2.75) is 27.2 Å². The van der Waals surface area contributed by atoms with Crippen LogP contribution in [0, 0.1) is 18.8 Å². The van der Waals surface area contributed by atoms with E-state index in [4.69, 9.17) is 9.47 Å². The summed E-state index contributed by atoms with van der Waals surface area (Å²) in [7, 11) is 3.42. The van der Waals surface area contributed by atoms with Crippen molar-refractivity contribution in [1.82, 2.24) is 0 Å². The lowest BCUT2D eigenvalue weighted by molar-refractivity contribution is -0.331. The molecule has 2 atom stereocenters. The molecular weight excluding hydrogens is 288 g/mol. The Morgan fingerprint density at radius 3 is 2.26 bits per heavy atom. The summed E-state index contributed by atoms with van der Waals surface area (Å²) in [6, 6.07) is 6.16. The van der Waals surface area contributed by atoms with E-state index in [0.717, 1.165) is 47.3 Å². The quantitative estimate of drug-likeness (QED) is 0.870. The maximum absolute atomic E-state index is 5.56. The molecule has 1 saturated heterocycles. The molecule has 0 aliphatic carbocycles. The Morgan fingerprint density at radius 1 is 1.04 bits per heavy atom. The van der Waals surface area contributed by atoms with E-state index in [1.165, 1.54) is 17.8 Å². The molecule has 0 spiro atoms. The maximum Gasteiger partial charge on any atom is 0.275 e. The van der Waals surface area contributed by atoms with Gasteiger partial charge in [-0.25, -0.2) is 4.98 Å². The molecule has 4 heteroatoms. The second-order valence-corrected chi connectivity index (χ2v) is 6.91. The molecule has 2 heterocycles. The molecule has 4 nitrogen and oxygen atoms in total. The molecule has 1 fully saturated rings. The topological polar surface area (TPSA) is 35.8 Å². The monoisotopic (exact) mass is 315 g/mol. The van der Waals surface area contributed by atoms with Gasteiger partial charge in [-0.2, -0.15) is 0 Å². The third-order valence-electron chi connectivity index (χ3n) is 4.78. The van der Waals surface area contributed by atoms with Crippen LogP contribution in [0.3, 0.4) is 0 Å². The minimum absolute atomic E-state index is 0.718. The zero-order valence-corrected chi connectivity index (χ0v) is 14.8. The number of nitrogens with one attached hydrogen (secondary N) is 1. The summed E-state index contributed by atoms with van der Waals surface area (Å²) in [5, 5.41) is 1.09. The van der Waals surface area contributed by atoms with E-state index in [1.54, 1.807) is 14.2 Å². The fraction of sp³-hybridized carbons (Fsp3) is 0.526. The molecule has 23 heavy (non-hydrogen) atoms. The molecule has 3 rings (SSSR count). The molecule has 0 unspecified atom stereocenters. The highest BCUT2D eigenvalue weighted by molar-refractivity contribution is 5.91. The summed E-state index contributed by atoms with van der Waals surface area (Å²) >= 11 is 0. The molecule has 1 aliphatic heterocycles. The molecular formula is C19H27N2O2+. The zero-order valence-electron chi connectivity index (χ0n) is 14.8. The van der Waals surface area contributed by atoms with Crippen LogP contribution in [0.25, 0.3) is 10.9 Å². The van der Waals surface area contributed by atoms with Crippen molar-refractivity contribution in [3.63, 3.8) is 0 Å². The first kappa shape index (κ1) is 15.9. The van der Waals surface area contributed by atoms with Gasteiger partial charge in [-0.1, -0.05) is 13.8 Å². The second-order valence-electron chi connectivity index (χ2n) is 6.91. The molecule has 1 aliphatic rings. The fourth-order valence-corrected chi connectivity index (χ4v) is 3.89. The molecule has 2 aromatic rings. The first-order valence-electron chi connectivity index (χ1n) is 8.36. The largest absolute Gasteiger partial charge is 0.496 e. The van der Waals surface area contributed by atoms with Crippen LogP contribution in [-0.2, 0) is 0 Å². The number of methoxy groups -OCH3 is 2. The van der Waals surface area contributed by atoms with Gasteiger partial charge in [0.05, 0.1) is 32.7 Å². The van der Waals surface area contributed by atoms with Crippen molar-refractivity contribution in [2.24, 2.45) is 11.8 Å². The van der Waals surface area contributed by atoms with Gasteiger partial charge in [-0.3, -0.25) is 4.90 Å². The number of piperidine rings is 1. The van der Waals surface area contributed by atoms with E-state index in [9.17, 15) is 0 Å². The number of nitrogens with zero attached hydrogens (tertiary/aromatic N) is 1. The molecule has 0 saturated carbocycles. The van der Waals surface area contributed by atoms with Crippen LogP contribution in [0.1, 0.15) is 25.8 Å². The van der Waals surface area contributed by atoms with Gasteiger partial charge in [-0.15, -0.1) is 0 Å². The molecule has 1 aromatic heterocycles. The molecule has 0 bridgehead atoms. The van der Waals surface area contributed by atoms with E-state index < -0.39 is 0 Å². The SMILES string of the molecule is COc1ccc(OC)c2c(C)cc(N3C[C@@H](C)C[C@H](C)C3)[nH+]c12. The number of hydrogen-bond acceptors (Lipinski definition) is 3. The van der Waals surface area contributed by atoms with E-state index in [1.807, 2.05) is 12.1 Å². The van der Waals surface area contributed by atoms with E-state index in [2.05, 4.69) is 36.7 Å². The smallest absolute Gasteiger partial charge is 0.275 e. The first-order valence-corrected chi connectivity index (χ1v) is 8.36. The molecule has 1 aromatic carbocycles. The van der Waals surface area contributed by atoms with Crippen molar-refractivity contribution in [2.75, 3.05) is 32.2 Å². The van der Waals surface area contributed by atoms with Crippen LogP contribution >= 0.6 is 0 Å². The van der Waals surface area contributed by atoms with Crippen LogP contribution in [-0.4, -0.2) is 27.3 Å². The number of ether oxygens (including phenoxy) is 2. The van der Waals surface area contributed by atoms with Crippen LogP contribution in [0.2, 0.25) is 0 Å². The highest BCUT2D eigenvalue weighted by Crippen LogP contribution is 2.34. The Hall–Kier alpha value is -1.97. The summed E-state index contributed by atoms with van der Waals surface area (Å²) in [6.45, 7) is 8.99. The molecule has 1 N–H and O–H groups in total. The Bertz CT molecular complexity index is 704. The highest BCUT2D eigenvalue weighted by atomic mass is 16.5. The Morgan fingerprint density at radius 2 is 1.65 bits per heavy atom.